The van der Waals surface area contributed by atoms with E-state index in [1.807, 2.05) is 41.5 Å². The molecule has 35 heavy (non-hydrogen) atoms. The Balaban J connectivity index is 0.000000263. The Morgan fingerprint density at radius 2 is 1.06 bits per heavy atom. The molecule has 3 rings (SSSR count). The van der Waals surface area contributed by atoms with E-state index in [4.69, 9.17) is 34.8 Å². The molecule has 0 nitrogen and oxygen atoms in total. The Morgan fingerprint density at radius 1 is 0.571 bits per heavy atom. The van der Waals surface area contributed by atoms with Gasteiger partial charge in [0.25, 0.3) is 0 Å². The summed E-state index contributed by atoms with van der Waals surface area (Å²) in [7, 11) is 0. The highest BCUT2D eigenvalue weighted by Gasteiger charge is 2.13. The third-order valence-electron chi connectivity index (χ3n) is 5.17. The minimum atomic E-state index is -0.710. The summed E-state index contributed by atoms with van der Waals surface area (Å²) in [5.74, 6) is -1.30. The van der Waals surface area contributed by atoms with Crippen molar-refractivity contribution in [1.82, 2.24) is 0 Å². The molecule has 0 saturated heterocycles. The zero-order valence-corrected chi connectivity index (χ0v) is 23.2. The quantitative estimate of drug-likeness (QED) is 0.225. The summed E-state index contributed by atoms with van der Waals surface area (Å²) in [6.07, 6.45) is 0. The maximum atomic E-state index is 13.2. The normalized spacial score (nSPS) is 10.8. The summed E-state index contributed by atoms with van der Waals surface area (Å²) in [5, 5.41) is 0.816. The summed E-state index contributed by atoms with van der Waals surface area (Å²) in [4.78, 5) is 0. The van der Waals surface area contributed by atoms with Crippen molar-refractivity contribution >= 4 is 34.8 Å². The smallest absolute Gasteiger partial charge is 0.148 e. The summed E-state index contributed by atoms with van der Waals surface area (Å²) in [5.41, 5.74) is 2.60. The second-order valence-electron chi connectivity index (χ2n) is 9.02. The largest absolute Gasteiger partial charge is 0.207 e. The summed E-state index contributed by atoms with van der Waals surface area (Å²) >= 11 is 16.9. The fraction of sp³-hybridized carbons (Fsp3) is 0.357. The molecule has 0 aliphatic heterocycles. The van der Waals surface area contributed by atoms with Crippen molar-refractivity contribution in [2.45, 2.75) is 66.2 Å². The monoisotopic (exact) mass is 548 g/mol. The molecule has 0 radical (unpaired) electrons. The van der Waals surface area contributed by atoms with Crippen molar-refractivity contribution in [3.63, 3.8) is 0 Å². The molecule has 0 amide bonds. The molecule has 0 unspecified atom stereocenters. The molecule has 3 aromatic rings. The first kappa shape index (κ1) is 31.3. The molecule has 0 N–H and O–H groups in total. The van der Waals surface area contributed by atoms with Crippen molar-refractivity contribution in [3.05, 3.63) is 103 Å². The molecule has 192 valence electrons. The molecule has 0 atom stereocenters. The van der Waals surface area contributed by atoms with Crippen molar-refractivity contribution in [3.8, 4) is 0 Å². The molecule has 0 aliphatic rings. The topological polar surface area (TPSA) is 0 Å². The molecule has 0 spiro atoms. The third-order valence-corrected chi connectivity index (χ3v) is 6.16. The molecular formula is C28H31Cl3F4. The van der Waals surface area contributed by atoms with Gasteiger partial charge < -0.3 is 0 Å². The lowest BCUT2D eigenvalue weighted by Gasteiger charge is -2.08. The Bertz CT molecular complexity index is 1120. The minimum absolute atomic E-state index is 0.0168. The van der Waals surface area contributed by atoms with E-state index in [1.165, 1.54) is 24.3 Å². The van der Waals surface area contributed by atoms with Gasteiger partial charge >= 0.3 is 0 Å². The Kier molecular flexibility index (Phi) is 12.6. The fourth-order valence-corrected chi connectivity index (χ4v) is 3.57. The number of benzene rings is 3. The first-order chi connectivity index (χ1) is 16.2. The van der Waals surface area contributed by atoms with Gasteiger partial charge in [0.1, 0.15) is 28.3 Å². The van der Waals surface area contributed by atoms with Crippen LogP contribution in [0.15, 0.2) is 42.5 Å². The van der Waals surface area contributed by atoms with Crippen LogP contribution < -0.4 is 0 Å². The van der Waals surface area contributed by atoms with Crippen LogP contribution in [0.3, 0.4) is 0 Å². The molecule has 0 fully saturated rings. The molecule has 0 aliphatic carbocycles. The first-order valence-corrected chi connectivity index (χ1v) is 12.3. The standard InChI is InChI=1S/C10H12ClF.C9H9ClF2.C9H10ClF/c1-6(2)8-5-9(11)7(3)4-10(8)12;1-5(2)6-3-4-7(11)8(10)9(6)12;1-6(2)8-5-7(10)3-4-9(8)11/h4-6H,1-3H3;3-5H,1-2H3;3-6H,1-2H3. The van der Waals surface area contributed by atoms with E-state index >= 15 is 0 Å². The molecule has 0 bridgehead atoms. The highest BCUT2D eigenvalue weighted by molar-refractivity contribution is 6.31. The highest BCUT2D eigenvalue weighted by Crippen LogP contribution is 2.27. The number of hydrogen-bond donors (Lipinski definition) is 0. The van der Waals surface area contributed by atoms with Crippen molar-refractivity contribution in [2.75, 3.05) is 0 Å². The average Bonchev–Trinajstić information content (AvgIpc) is 2.76. The maximum absolute atomic E-state index is 13.2. The summed E-state index contributed by atoms with van der Waals surface area (Å²) in [6, 6.07) is 10.4. The number of aryl methyl sites for hydroxylation is 1. The van der Waals surface area contributed by atoms with E-state index in [0.29, 0.717) is 26.7 Å². The lowest BCUT2D eigenvalue weighted by molar-refractivity contribution is 0.566. The molecule has 0 heterocycles. The van der Waals surface area contributed by atoms with Crippen LogP contribution in [0.25, 0.3) is 0 Å². The number of rotatable bonds is 3. The van der Waals surface area contributed by atoms with Crippen LogP contribution in [0, 0.1) is 30.2 Å². The van der Waals surface area contributed by atoms with Crippen molar-refractivity contribution in [2.24, 2.45) is 0 Å². The van der Waals surface area contributed by atoms with Crippen LogP contribution in [0.2, 0.25) is 15.1 Å². The molecular weight excluding hydrogens is 519 g/mol. The SMILES string of the molecule is CC(C)c1cc(Cl)ccc1F.CC(C)c1ccc(F)c(Cl)c1F.Cc1cc(F)c(C(C)C)cc1Cl. The Labute approximate surface area is 221 Å². The van der Waals surface area contributed by atoms with Gasteiger partial charge in [-0.05, 0) is 83.3 Å². The Morgan fingerprint density at radius 3 is 1.54 bits per heavy atom. The van der Waals surface area contributed by atoms with Crippen LogP contribution in [-0.4, -0.2) is 0 Å². The predicted molar refractivity (Wildman–Crippen MR) is 141 cm³/mol. The lowest BCUT2D eigenvalue weighted by atomic mass is 10.0. The Hall–Kier alpha value is -1.75. The van der Waals surface area contributed by atoms with E-state index in [1.54, 1.807) is 25.1 Å². The maximum Gasteiger partial charge on any atom is 0.148 e. The van der Waals surface area contributed by atoms with Gasteiger partial charge in [0.2, 0.25) is 0 Å². The summed E-state index contributed by atoms with van der Waals surface area (Å²) in [6.45, 7) is 13.2. The van der Waals surface area contributed by atoms with Crippen LogP contribution in [0.4, 0.5) is 17.6 Å². The second-order valence-corrected chi connectivity index (χ2v) is 10.2. The number of hydrogen-bond acceptors (Lipinski definition) is 0. The first-order valence-electron chi connectivity index (χ1n) is 11.2. The van der Waals surface area contributed by atoms with Gasteiger partial charge in [-0.25, -0.2) is 17.6 Å². The van der Waals surface area contributed by atoms with Gasteiger partial charge in [-0.3, -0.25) is 0 Å². The average molecular weight is 550 g/mol. The van der Waals surface area contributed by atoms with Gasteiger partial charge in [-0.2, -0.15) is 0 Å². The number of halogens is 7. The van der Waals surface area contributed by atoms with Gasteiger partial charge in [0, 0.05) is 10.0 Å². The van der Waals surface area contributed by atoms with Crippen molar-refractivity contribution < 1.29 is 17.6 Å². The van der Waals surface area contributed by atoms with Crippen molar-refractivity contribution in [1.29, 1.82) is 0 Å². The van der Waals surface area contributed by atoms with Crippen LogP contribution in [0.5, 0.6) is 0 Å². The molecule has 0 aromatic heterocycles. The van der Waals surface area contributed by atoms with Gasteiger partial charge in [-0.1, -0.05) is 82.4 Å². The van der Waals surface area contributed by atoms with E-state index < -0.39 is 16.7 Å². The fourth-order valence-electron chi connectivity index (χ4n) is 3.05. The van der Waals surface area contributed by atoms with Crippen LogP contribution >= 0.6 is 34.8 Å². The lowest BCUT2D eigenvalue weighted by Crippen LogP contribution is -1.95. The summed E-state index contributed by atoms with van der Waals surface area (Å²) < 4.78 is 52.0. The molecule has 7 heteroatoms. The van der Waals surface area contributed by atoms with Crippen LogP contribution in [0.1, 0.15) is 81.5 Å². The van der Waals surface area contributed by atoms with E-state index in [0.717, 1.165) is 5.56 Å². The van der Waals surface area contributed by atoms with Gasteiger partial charge in [-0.15, -0.1) is 0 Å². The molecule has 0 saturated carbocycles. The minimum Gasteiger partial charge on any atom is -0.207 e. The third kappa shape index (κ3) is 9.33. The van der Waals surface area contributed by atoms with Crippen LogP contribution in [-0.2, 0) is 0 Å². The van der Waals surface area contributed by atoms with E-state index in [9.17, 15) is 17.6 Å². The zero-order chi connectivity index (χ0) is 27.0. The highest BCUT2D eigenvalue weighted by atomic mass is 35.5. The second kappa shape index (κ2) is 14.1. The van der Waals surface area contributed by atoms with Gasteiger partial charge in [0.05, 0.1) is 0 Å². The van der Waals surface area contributed by atoms with E-state index in [-0.39, 0.29) is 29.4 Å². The van der Waals surface area contributed by atoms with Gasteiger partial charge in [0.15, 0.2) is 0 Å². The predicted octanol–water partition coefficient (Wildman–Crippen LogP) is 11.3. The molecule has 3 aromatic carbocycles. The van der Waals surface area contributed by atoms with E-state index in [2.05, 4.69) is 0 Å². The zero-order valence-electron chi connectivity index (χ0n) is 20.9.